The van der Waals surface area contributed by atoms with Crippen LogP contribution in [0.15, 0.2) is 42.5 Å². The first-order valence-corrected chi connectivity index (χ1v) is 7.78. The van der Waals surface area contributed by atoms with Gasteiger partial charge < -0.3 is 14.8 Å². The van der Waals surface area contributed by atoms with Crippen LogP contribution in [-0.2, 0) is 9.53 Å². The normalized spacial score (nSPS) is 11.5. The third-order valence-corrected chi connectivity index (χ3v) is 3.73. The molecule has 2 rings (SSSR count). The molecule has 5 nitrogen and oxygen atoms in total. The van der Waals surface area contributed by atoms with E-state index in [4.69, 9.17) is 32.7 Å². The van der Waals surface area contributed by atoms with Gasteiger partial charge in [-0.15, -0.1) is 0 Å². The van der Waals surface area contributed by atoms with Crippen LogP contribution in [0.2, 0.25) is 10.0 Å². The molecule has 0 aliphatic heterocycles. The number of hydrogen-bond donors (Lipinski definition) is 1. The summed E-state index contributed by atoms with van der Waals surface area (Å²) in [4.78, 5) is 24.4. The molecule has 0 aliphatic carbocycles. The third-order valence-electron chi connectivity index (χ3n) is 3.17. The highest BCUT2D eigenvalue weighted by atomic mass is 35.5. The smallest absolute Gasteiger partial charge is 0.342 e. The van der Waals surface area contributed by atoms with Crippen LogP contribution in [0.3, 0.4) is 0 Å². The van der Waals surface area contributed by atoms with E-state index in [0.717, 1.165) is 0 Å². The third kappa shape index (κ3) is 4.40. The van der Waals surface area contributed by atoms with Gasteiger partial charge >= 0.3 is 5.97 Å². The Hall–Kier alpha value is -2.24. The Morgan fingerprint density at radius 2 is 1.83 bits per heavy atom. The fourth-order valence-electron chi connectivity index (χ4n) is 1.92. The molecule has 1 amide bonds. The molecule has 2 aromatic carbocycles. The van der Waals surface area contributed by atoms with Crippen molar-refractivity contribution in [1.82, 2.24) is 0 Å². The molecule has 0 saturated heterocycles. The first-order chi connectivity index (χ1) is 11.4. The molecule has 0 radical (unpaired) electrons. The van der Waals surface area contributed by atoms with Crippen molar-refractivity contribution in [1.29, 1.82) is 0 Å². The molecule has 24 heavy (non-hydrogen) atoms. The van der Waals surface area contributed by atoms with Gasteiger partial charge in [-0.05, 0) is 37.3 Å². The average molecular weight is 368 g/mol. The lowest BCUT2D eigenvalue weighted by molar-refractivity contribution is -0.123. The van der Waals surface area contributed by atoms with Crippen molar-refractivity contribution in [2.75, 3.05) is 12.4 Å². The van der Waals surface area contributed by atoms with Crippen LogP contribution in [0.25, 0.3) is 0 Å². The van der Waals surface area contributed by atoms with Crippen LogP contribution < -0.4 is 10.1 Å². The minimum absolute atomic E-state index is 0.237. The number of carbonyl (C=O) groups excluding carboxylic acids is 2. The number of rotatable bonds is 5. The summed E-state index contributed by atoms with van der Waals surface area (Å²) >= 11 is 11.9. The standard InChI is InChI=1S/C17H15Cl2NO4/c1-10(16(21)20-14-9-11(18)7-8-13(14)19)24-17(22)12-5-3-4-6-15(12)23-2/h3-10H,1-2H3,(H,20,21)/t10-/m1/s1. The molecule has 0 bridgehead atoms. The zero-order valence-electron chi connectivity index (χ0n) is 13.0. The molecule has 0 fully saturated rings. The number of esters is 1. The summed E-state index contributed by atoms with van der Waals surface area (Å²) in [6, 6.07) is 11.3. The summed E-state index contributed by atoms with van der Waals surface area (Å²) in [6.07, 6.45) is -1.03. The van der Waals surface area contributed by atoms with E-state index in [1.54, 1.807) is 36.4 Å². The second-order valence-electron chi connectivity index (χ2n) is 4.86. The largest absolute Gasteiger partial charge is 0.496 e. The van der Waals surface area contributed by atoms with Gasteiger partial charge in [0, 0.05) is 5.02 Å². The molecule has 1 N–H and O–H groups in total. The number of nitrogens with one attached hydrogen (secondary N) is 1. The minimum Gasteiger partial charge on any atom is -0.496 e. The first kappa shape index (κ1) is 18.1. The number of carbonyl (C=O) groups is 2. The lowest BCUT2D eigenvalue weighted by Gasteiger charge is -2.15. The molecule has 0 aromatic heterocycles. The molecule has 2 aromatic rings. The van der Waals surface area contributed by atoms with E-state index in [1.807, 2.05) is 0 Å². The number of amides is 1. The Morgan fingerprint density at radius 1 is 1.12 bits per heavy atom. The fourth-order valence-corrected chi connectivity index (χ4v) is 2.26. The van der Waals surface area contributed by atoms with Gasteiger partial charge in [-0.3, -0.25) is 4.79 Å². The van der Waals surface area contributed by atoms with Gasteiger partial charge in [0.2, 0.25) is 0 Å². The molecule has 0 aliphatic rings. The quantitative estimate of drug-likeness (QED) is 0.804. The molecule has 0 unspecified atom stereocenters. The molecule has 0 saturated carbocycles. The Bertz CT molecular complexity index is 764. The van der Waals surface area contributed by atoms with E-state index in [9.17, 15) is 9.59 Å². The number of ether oxygens (including phenoxy) is 2. The van der Waals surface area contributed by atoms with Crippen molar-refractivity contribution < 1.29 is 19.1 Å². The molecular formula is C17H15Cl2NO4. The van der Waals surface area contributed by atoms with E-state index in [0.29, 0.717) is 21.5 Å². The maximum Gasteiger partial charge on any atom is 0.342 e. The van der Waals surface area contributed by atoms with E-state index >= 15 is 0 Å². The van der Waals surface area contributed by atoms with Crippen molar-refractivity contribution in [2.24, 2.45) is 0 Å². The van der Waals surface area contributed by atoms with Crippen molar-refractivity contribution >= 4 is 40.8 Å². The lowest BCUT2D eigenvalue weighted by Crippen LogP contribution is -2.30. The van der Waals surface area contributed by atoms with Crippen molar-refractivity contribution in [3.63, 3.8) is 0 Å². The molecule has 0 spiro atoms. The summed E-state index contributed by atoms with van der Waals surface area (Å²) in [5.41, 5.74) is 0.579. The number of hydrogen-bond acceptors (Lipinski definition) is 4. The topological polar surface area (TPSA) is 64.6 Å². The fraction of sp³-hybridized carbons (Fsp3) is 0.176. The summed E-state index contributed by atoms with van der Waals surface area (Å²) in [5.74, 6) is -0.817. The lowest BCUT2D eigenvalue weighted by atomic mass is 10.2. The van der Waals surface area contributed by atoms with Crippen LogP contribution in [-0.4, -0.2) is 25.1 Å². The second-order valence-corrected chi connectivity index (χ2v) is 5.70. The summed E-state index contributed by atoms with van der Waals surface area (Å²) in [7, 11) is 1.45. The van der Waals surface area contributed by atoms with Crippen molar-refractivity contribution in [3.8, 4) is 5.75 Å². The highest BCUT2D eigenvalue weighted by Crippen LogP contribution is 2.26. The minimum atomic E-state index is -1.03. The summed E-state index contributed by atoms with van der Waals surface area (Å²) < 4.78 is 10.3. The molecular weight excluding hydrogens is 353 g/mol. The zero-order chi connectivity index (χ0) is 17.7. The zero-order valence-corrected chi connectivity index (χ0v) is 14.5. The molecule has 0 heterocycles. The van der Waals surface area contributed by atoms with Crippen molar-refractivity contribution in [2.45, 2.75) is 13.0 Å². The van der Waals surface area contributed by atoms with Gasteiger partial charge in [0.15, 0.2) is 6.10 Å². The van der Waals surface area contributed by atoms with Gasteiger partial charge in [-0.2, -0.15) is 0 Å². The van der Waals surface area contributed by atoms with Gasteiger partial charge in [-0.1, -0.05) is 35.3 Å². The maximum atomic E-state index is 12.2. The number of anilines is 1. The number of para-hydroxylation sites is 1. The van der Waals surface area contributed by atoms with Gasteiger partial charge in [0.25, 0.3) is 5.91 Å². The average Bonchev–Trinajstić information content (AvgIpc) is 2.57. The Morgan fingerprint density at radius 3 is 2.54 bits per heavy atom. The summed E-state index contributed by atoms with van der Waals surface area (Å²) in [6.45, 7) is 1.46. The molecule has 7 heteroatoms. The Kier molecular flexibility index (Phi) is 6.06. The van der Waals surface area contributed by atoms with Crippen LogP contribution >= 0.6 is 23.2 Å². The van der Waals surface area contributed by atoms with Crippen LogP contribution in [0, 0.1) is 0 Å². The number of benzene rings is 2. The van der Waals surface area contributed by atoms with Crippen molar-refractivity contribution in [3.05, 3.63) is 58.1 Å². The highest BCUT2D eigenvalue weighted by Gasteiger charge is 2.21. The first-order valence-electron chi connectivity index (χ1n) is 7.02. The van der Waals surface area contributed by atoms with E-state index in [1.165, 1.54) is 20.1 Å². The monoisotopic (exact) mass is 367 g/mol. The van der Waals surface area contributed by atoms with Crippen LogP contribution in [0.5, 0.6) is 5.75 Å². The maximum absolute atomic E-state index is 12.2. The van der Waals surface area contributed by atoms with Gasteiger partial charge in [0.1, 0.15) is 11.3 Å². The summed E-state index contributed by atoms with van der Waals surface area (Å²) in [5, 5.41) is 3.33. The number of halogens is 2. The van der Waals surface area contributed by atoms with E-state index in [-0.39, 0.29) is 5.56 Å². The molecule has 126 valence electrons. The molecule has 1 atom stereocenters. The second kappa shape index (κ2) is 8.04. The predicted octanol–water partition coefficient (Wildman–Crippen LogP) is 4.19. The van der Waals surface area contributed by atoms with Crippen LogP contribution in [0.1, 0.15) is 17.3 Å². The Labute approximate surface area is 149 Å². The van der Waals surface area contributed by atoms with Gasteiger partial charge in [-0.25, -0.2) is 4.79 Å². The predicted molar refractivity (Wildman–Crippen MR) is 93.0 cm³/mol. The van der Waals surface area contributed by atoms with E-state index < -0.39 is 18.0 Å². The van der Waals surface area contributed by atoms with Crippen LogP contribution in [0.4, 0.5) is 5.69 Å². The highest BCUT2D eigenvalue weighted by molar-refractivity contribution is 6.35. The Balaban J connectivity index is 2.06. The number of methoxy groups -OCH3 is 1. The van der Waals surface area contributed by atoms with E-state index in [2.05, 4.69) is 5.32 Å². The van der Waals surface area contributed by atoms with Gasteiger partial charge in [0.05, 0.1) is 17.8 Å². The SMILES string of the molecule is COc1ccccc1C(=O)O[C@H](C)C(=O)Nc1cc(Cl)ccc1Cl.